The van der Waals surface area contributed by atoms with Gasteiger partial charge < -0.3 is 20.3 Å². The lowest BCUT2D eigenvalue weighted by atomic mass is 10.3. The number of nitrogens with zero attached hydrogens (tertiary/aromatic N) is 3. The van der Waals surface area contributed by atoms with Crippen LogP contribution in [0.3, 0.4) is 0 Å². The Morgan fingerprint density at radius 2 is 2.00 bits per heavy atom. The zero-order valence-corrected chi connectivity index (χ0v) is 17.2. The Morgan fingerprint density at radius 1 is 1.23 bits per heavy atom. The number of nitrogens with one attached hydrogen (secondary N) is 2. The number of rotatable bonds is 6. The fourth-order valence-corrected chi connectivity index (χ4v) is 3.67. The fourth-order valence-electron chi connectivity index (χ4n) is 3.41. The molecule has 144 valence electrons. The van der Waals surface area contributed by atoms with Crippen LogP contribution in [0, 0.1) is 0 Å². The van der Waals surface area contributed by atoms with E-state index in [2.05, 4.69) is 67.6 Å². The van der Waals surface area contributed by atoms with Gasteiger partial charge in [0.15, 0.2) is 5.96 Å². The van der Waals surface area contributed by atoms with E-state index in [0.717, 1.165) is 75.9 Å². The van der Waals surface area contributed by atoms with E-state index in [9.17, 15) is 0 Å². The summed E-state index contributed by atoms with van der Waals surface area (Å²) in [5.74, 6) is 0.934. The van der Waals surface area contributed by atoms with Gasteiger partial charge in [-0.3, -0.25) is 9.89 Å². The molecule has 0 spiro atoms. The van der Waals surface area contributed by atoms with Gasteiger partial charge >= 0.3 is 0 Å². The van der Waals surface area contributed by atoms with Gasteiger partial charge in [0.25, 0.3) is 0 Å². The maximum Gasteiger partial charge on any atom is 0.191 e. The zero-order valence-electron chi connectivity index (χ0n) is 15.6. The van der Waals surface area contributed by atoms with Crippen molar-refractivity contribution in [2.45, 2.75) is 19.4 Å². The molecule has 1 aromatic carbocycles. The molecule has 2 fully saturated rings. The quantitative estimate of drug-likeness (QED) is 0.540. The standard InChI is InChI=1S/C19H30BrN5O/c1-2-21-19(22-8-10-24-11-13-26-14-12-24)23-17-7-9-25(15-17)18-5-3-16(20)4-6-18/h3-6,17H,2,7-15H2,1H3,(H2,21,22,23). The van der Waals surface area contributed by atoms with Gasteiger partial charge in [-0.1, -0.05) is 15.9 Å². The third kappa shape index (κ3) is 5.86. The van der Waals surface area contributed by atoms with Crippen molar-refractivity contribution in [3.05, 3.63) is 28.7 Å². The summed E-state index contributed by atoms with van der Waals surface area (Å²) in [6.07, 6.45) is 1.13. The lowest BCUT2D eigenvalue weighted by molar-refractivity contribution is 0.0394. The lowest BCUT2D eigenvalue weighted by Crippen LogP contribution is -2.45. The SMILES string of the molecule is CCNC(=NCCN1CCOCC1)NC1CCN(c2ccc(Br)cc2)C1. The third-order valence-corrected chi connectivity index (χ3v) is 5.38. The Kier molecular flexibility index (Phi) is 7.58. The minimum absolute atomic E-state index is 0.430. The number of aliphatic imine (C=N–C) groups is 1. The molecule has 2 heterocycles. The second-order valence-corrected chi connectivity index (χ2v) is 7.68. The predicted octanol–water partition coefficient (Wildman–Crippen LogP) is 1.92. The summed E-state index contributed by atoms with van der Waals surface area (Å²) in [6, 6.07) is 8.99. The molecule has 0 amide bonds. The Balaban J connectivity index is 1.48. The maximum atomic E-state index is 5.40. The molecular formula is C19H30BrN5O. The van der Waals surface area contributed by atoms with E-state index in [1.165, 1.54) is 5.69 Å². The Labute approximate surface area is 165 Å². The fraction of sp³-hybridized carbons (Fsp3) is 0.632. The molecule has 2 saturated heterocycles. The van der Waals surface area contributed by atoms with Crippen LogP contribution < -0.4 is 15.5 Å². The van der Waals surface area contributed by atoms with Crippen LogP contribution >= 0.6 is 15.9 Å². The molecule has 0 aliphatic carbocycles. The van der Waals surface area contributed by atoms with E-state index in [4.69, 9.17) is 9.73 Å². The second kappa shape index (κ2) is 10.1. The van der Waals surface area contributed by atoms with Gasteiger partial charge in [0.05, 0.1) is 19.8 Å². The van der Waals surface area contributed by atoms with Crippen molar-refractivity contribution in [3.63, 3.8) is 0 Å². The molecule has 2 N–H and O–H groups in total. The van der Waals surface area contributed by atoms with Crippen LogP contribution in [0.2, 0.25) is 0 Å². The minimum Gasteiger partial charge on any atom is -0.379 e. The van der Waals surface area contributed by atoms with Gasteiger partial charge in [-0.25, -0.2) is 0 Å². The lowest BCUT2D eigenvalue weighted by Gasteiger charge is -2.26. The average Bonchev–Trinajstić information content (AvgIpc) is 3.12. The van der Waals surface area contributed by atoms with Crippen LogP contribution in [0.5, 0.6) is 0 Å². The van der Waals surface area contributed by atoms with Crippen molar-refractivity contribution in [2.75, 3.05) is 63.9 Å². The van der Waals surface area contributed by atoms with E-state index >= 15 is 0 Å². The summed E-state index contributed by atoms with van der Waals surface area (Å²) in [5, 5.41) is 6.99. The first-order valence-electron chi connectivity index (χ1n) is 9.60. The molecule has 6 nitrogen and oxygen atoms in total. The summed E-state index contributed by atoms with van der Waals surface area (Å²) in [4.78, 5) is 9.62. The molecule has 2 aliphatic rings. The highest BCUT2D eigenvalue weighted by Gasteiger charge is 2.23. The van der Waals surface area contributed by atoms with E-state index < -0.39 is 0 Å². The van der Waals surface area contributed by atoms with Crippen molar-refractivity contribution >= 4 is 27.6 Å². The molecule has 0 aromatic heterocycles. The van der Waals surface area contributed by atoms with Gasteiger partial charge in [-0.15, -0.1) is 0 Å². The smallest absolute Gasteiger partial charge is 0.191 e. The highest BCUT2D eigenvalue weighted by atomic mass is 79.9. The summed E-state index contributed by atoms with van der Waals surface area (Å²) < 4.78 is 6.52. The Bertz CT molecular complexity index is 574. The van der Waals surface area contributed by atoms with Crippen LogP contribution in [0.1, 0.15) is 13.3 Å². The predicted molar refractivity (Wildman–Crippen MR) is 111 cm³/mol. The molecule has 7 heteroatoms. The van der Waals surface area contributed by atoms with E-state index in [1.54, 1.807) is 0 Å². The van der Waals surface area contributed by atoms with Crippen molar-refractivity contribution in [3.8, 4) is 0 Å². The van der Waals surface area contributed by atoms with Crippen LogP contribution in [-0.4, -0.2) is 75.9 Å². The van der Waals surface area contributed by atoms with Crippen LogP contribution in [0.25, 0.3) is 0 Å². The zero-order chi connectivity index (χ0) is 18.2. The van der Waals surface area contributed by atoms with E-state index in [1.807, 2.05) is 0 Å². The molecule has 1 aromatic rings. The summed E-state index contributed by atoms with van der Waals surface area (Å²) in [7, 11) is 0. The number of anilines is 1. The highest BCUT2D eigenvalue weighted by molar-refractivity contribution is 9.10. The van der Waals surface area contributed by atoms with E-state index in [-0.39, 0.29) is 0 Å². The first kappa shape index (κ1) is 19.5. The first-order valence-corrected chi connectivity index (χ1v) is 10.4. The van der Waals surface area contributed by atoms with Crippen molar-refractivity contribution < 1.29 is 4.74 Å². The number of ether oxygens (including phenoxy) is 1. The molecule has 3 rings (SSSR count). The van der Waals surface area contributed by atoms with Crippen molar-refractivity contribution in [1.29, 1.82) is 0 Å². The summed E-state index contributed by atoms with van der Waals surface area (Å²) in [5.41, 5.74) is 1.28. The van der Waals surface area contributed by atoms with Crippen molar-refractivity contribution in [1.82, 2.24) is 15.5 Å². The summed E-state index contributed by atoms with van der Waals surface area (Å²) in [6.45, 7) is 10.6. The van der Waals surface area contributed by atoms with Gasteiger partial charge in [0.1, 0.15) is 0 Å². The maximum absolute atomic E-state index is 5.40. The Morgan fingerprint density at radius 3 is 2.73 bits per heavy atom. The van der Waals surface area contributed by atoms with Gasteiger partial charge in [-0.05, 0) is 37.6 Å². The number of benzene rings is 1. The largest absolute Gasteiger partial charge is 0.379 e. The molecule has 2 aliphatic heterocycles. The Hall–Kier alpha value is -1.31. The number of hydrogen-bond acceptors (Lipinski definition) is 4. The van der Waals surface area contributed by atoms with E-state index in [0.29, 0.717) is 6.04 Å². The van der Waals surface area contributed by atoms with Crippen molar-refractivity contribution in [2.24, 2.45) is 4.99 Å². The van der Waals surface area contributed by atoms with Crippen LogP contribution in [-0.2, 0) is 4.74 Å². The van der Waals surface area contributed by atoms with Gasteiger partial charge in [-0.2, -0.15) is 0 Å². The number of hydrogen-bond donors (Lipinski definition) is 2. The van der Waals surface area contributed by atoms with Crippen LogP contribution in [0.4, 0.5) is 5.69 Å². The first-order chi connectivity index (χ1) is 12.7. The molecule has 0 saturated carbocycles. The molecular weight excluding hydrogens is 394 g/mol. The van der Waals surface area contributed by atoms with Gasteiger partial charge in [0, 0.05) is 55.5 Å². The molecule has 26 heavy (non-hydrogen) atoms. The third-order valence-electron chi connectivity index (χ3n) is 4.85. The molecule has 1 unspecified atom stereocenters. The van der Waals surface area contributed by atoms with Crippen LogP contribution in [0.15, 0.2) is 33.7 Å². The second-order valence-electron chi connectivity index (χ2n) is 6.77. The van der Waals surface area contributed by atoms with Gasteiger partial charge in [0.2, 0.25) is 0 Å². The average molecular weight is 424 g/mol. The summed E-state index contributed by atoms with van der Waals surface area (Å²) >= 11 is 3.50. The number of halogens is 1. The number of morpholine rings is 1. The number of guanidine groups is 1. The normalized spacial score (nSPS) is 21.8. The molecule has 0 radical (unpaired) electrons. The topological polar surface area (TPSA) is 52.1 Å². The molecule has 1 atom stereocenters. The minimum atomic E-state index is 0.430. The molecule has 0 bridgehead atoms. The monoisotopic (exact) mass is 423 g/mol. The highest BCUT2D eigenvalue weighted by Crippen LogP contribution is 2.22.